The van der Waals surface area contributed by atoms with Crippen LogP contribution in [0.4, 0.5) is 5.69 Å². The minimum Gasteiger partial charge on any atom is -0.460 e. The lowest BCUT2D eigenvalue weighted by molar-refractivity contribution is 0.0512. The van der Waals surface area contributed by atoms with Crippen LogP contribution in [0.1, 0.15) is 34.8 Å². The Kier molecular flexibility index (Phi) is 3.37. The van der Waals surface area contributed by atoms with Crippen molar-refractivity contribution in [3.8, 4) is 0 Å². The first-order chi connectivity index (χ1) is 9.78. The summed E-state index contributed by atoms with van der Waals surface area (Å²) in [5.74, 6) is 0.510. The molecule has 1 atom stereocenters. The van der Waals surface area contributed by atoms with Crippen LogP contribution in [-0.4, -0.2) is 34.3 Å². The van der Waals surface area contributed by atoms with Crippen LogP contribution in [0.15, 0.2) is 24.3 Å². The molecule has 3 rings (SSSR count). The number of esters is 1. The number of nitrogens with zero attached hydrogens (tertiary/aromatic N) is 2. The minimum atomic E-state index is -0.487. The predicted molar refractivity (Wildman–Crippen MR) is 73.7 cm³/mol. The number of benzene rings is 1. The lowest BCUT2D eigenvalue weighted by atomic mass is 9.93. The molecule has 20 heavy (non-hydrogen) atoms. The highest BCUT2D eigenvalue weighted by atomic mass is 16.5. The van der Waals surface area contributed by atoms with Gasteiger partial charge in [-0.3, -0.25) is 5.10 Å². The van der Waals surface area contributed by atoms with Crippen LogP contribution >= 0.6 is 0 Å². The van der Waals surface area contributed by atoms with E-state index in [2.05, 4.69) is 32.6 Å². The normalized spacial score (nSPS) is 17.1. The number of fused-ring (bicyclic) bond motifs is 1. The maximum atomic E-state index is 11.6. The lowest BCUT2D eigenvalue weighted by Gasteiger charge is -2.24. The SMILES string of the molecule is CCOC(=O)c1n[nH]c(C2CNc3ccccc3C2)n1. The Morgan fingerprint density at radius 1 is 1.45 bits per heavy atom. The molecule has 2 aromatic rings. The molecular formula is C14H16N4O2. The van der Waals surface area contributed by atoms with Crippen molar-refractivity contribution in [3.63, 3.8) is 0 Å². The Morgan fingerprint density at radius 2 is 2.30 bits per heavy atom. The number of hydrogen-bond donors (Lipinski definition) is 2. The summed E-state index contributed by atoms with van der Waals surface area (Å²) in [5, 5.41) is 10.1. The molecule has 1 aromatic carbocycles. The van der Waals surface area contributed by atoms with Gasteiger partial charge in [-0.15, -0.1) is 5.10 Å². The van der Waals surface area contributed by atoms with E-state index in [-0.39, 0.29) is 11.7 Å². The fourth-order valence-electron chi connectivity index (χ4n) is 2.38. The highest BCUT2D eigenvalue weighted by Gasteiger charge is 2.24. The van der Waals surface area contributed by atoms with Crippen LogP contribution in [0, 0.1) is 0 Å². The predicted octanol–water partition coefficient (Wildman–Crippen LogP) is 1.73. The van der Waals surface area contributed by atoms with E-state index in [1.807, 2.05) is 12.1 Å². The number of ether oxygens (including phenoxy) is 1. The molecule has 0 aliphatic carbocycles. The molecule has 2 N–H and O–H groups in total. The number of hydrogen-bond acceptors (Lipinski definition) is 5. The monoisotopic (exact) mass is 272 g/mol. The molecule has 0 fully saturated rings. The van der Waals surface area contributed by atoms with Crippen LogP contribution in [-0.2, 0) is 11.2 Å². The first kappa shape index (κ1) is 12.7. The summed E-state index contributed by atoms with van der Waals surface area (Å²) in [5.41, 5.74) is 2.41. The fraction of sp³-hybridized carbons (Fsp3) is 0.357. The number of H-pyrrole nitrogens is 1. The molecule has 1 unspecified atom stereocenters. The highest BCUT2D eigenvalue weighted by Crippen LogP contribution is 2.28. The summed E-state index contributed by atoms with van der Waals surface area (Å²) < 4.78 is 4.89. The summed E-state index contributed by atoms with van der Waals surface area (Å²) in [4.78, 5) is 15.8. The minimum absolute atomic E-state index is 0.0979. The smallest absolute Gasteiger partial charge is 0.378 e. The van der Waals surface area contributed by atoms with E-state index in [0.717, 1.165) is 24.5 Å². The summed E-state index contributed by atoms with van der Waals surface area (Å²) >= 11 is 0. The first-order valence-corrected chi connectivity index (χ1v) is 6.69. The van der Waals surface area contributed by atoms with Crippen LogP contribution in [0.3, 0.4) is 0 Å². The van der Waals surface area contributed by atoms with Gasteiger partial charge in [0.05, 0.1) is 6.61 Å². The maximum absolute atomic E-state index is 11.6. The van der Waals surface area contributed by atoms with E-state index >= 15 is 0 Å². The van der Waals surface area contributed by atoms with Crippen molar-refractivity contribution in [2.75, 3.05) is 18.5 Å². The number of aromatic nitrogens is 3. The molecule has 0 spiro atoms. The molecule has 0 saturated heterocycles. The fourth-order valence-corrected chi connectivity index (χ4v) is 2.38. The largest absolute Gasteiger partial charge is 0.460 e. The number of carbonyl (C=O) groups is 1. The van der Waals surface area contributed by atoms with Crippen LogP contribution in [0.25, 0.3) is 0 Å². The Hall–Kier alpha value is -2.37. The van der Waals surface area contributed by atoms with Crippen molar-refractivity contribution in [3.05, 3.63) is 41.5 Å². The van der Waals surface area contributed by atoms with Gasteiger partial charge in [0.15, 0.2) is 0 Å². The number of aromatic amines is 1. The van der Waals surface area contributed by atoms with E-state index in [9.17, 15) is 4.79 Å². The Labute approximate surface area is 116 Å². The van der Waals surface area contributed by atoms with Crippen molar-refractivity contribution in [1.82, 2.24) is 15.2 Å². The van der Waals surface area contributed by atoms with Gasteiger partial charge in [-0.25, -0.2) is 9.78 Å². The zero-order chi connectivity index (χ0) is 13.9. The number of anilines is 1. The van der Waals surface area contributed by atoms with Gasteiger partial charge < -0.3 is 10.1 Å². The Balaban J connectivity index is 1.77. The van der Waals surface area contributed by atoms with Gasteiger partial charge in [0.2, 0.25) is 0 Å². The zero-order valence-electron chi connectivity index (χ0n) is 11.2. The van der Waals surface area contributed by atoms with Crippen molar-refractivity contribution in [2.45, 2.75) is 19.3 Å². The summed E-state index contributed by atoms with van der Waals surface area (Å²) in [6.45, 7) is 2.85. The molecule has 0 amide bonds. The molecule has 1 aliphatic rings. The van der Waals surface area contributed by atoms with Gasteiger partial charge in [-0.1, -0.05) is 18.2 Å². The first-order valence-electron chi connectivity index (χ1n) is 6.69. The molecule has 6 nitrogen and oxygen atoms in total. The zero-order valence-corrected chi connectivity index (χ0v) is 11.2. The van der Waals surface area contributed by atoms with Gasteiger partial charge in [-0.05, 0) is 25.0 Å². The number of carbonyl (C=O) groups excluding carboxylic acids is 1. The van der Waals surface area contributed by atoms with Crippen molar-refractivity contribution in [2.24, 2.45) is 0 Å². The average Bonchev–Trinajstić information content (AvgIpc) is 2.97. The van der Waals surface area contributed by atoms with Crippen LogP contribution in [0.5, 0.6) is 0 Å². The number of para-hydroxylation sites is 1. The van der Waals surface area contributed by atoms with Gasteiger partial charge >= 0.3 is 5.97 Å². The third-order valence-corrected chi connectivity index (χ3v) is 3.37. The van der Waals surface area contributed by atoms with Crippen molar-refractivity contribution in [1.29, 1.82) is 0 Å². The van der Waals surface area contributed by atoms with E-state index in [0.29, 0.717) is 6.61 Å². The van der Waals surface area contributed by atoms with Crippen LogP contribution < -0.4 is 5.32 Å². The van der Waals surface area contributed by atoms with E-state index < -0.39 is 5.97 Å². The molecule has 0 radical (unpaired) electrons. The van der Waals surface area contributed by atoms with E-state index in [1.165, 1.54) is 5.56 Å². The standard InChI is InChI=1S/C14H16N4O2/c1-2-20-14(19)13-16-12(17-18-13)10-7-9-5-3-4-6-11(9)15-8-10/h3-6,10,15H,2,7-8H2,1H3,(H,16,17,18). The molecule has 104 valence electrons. The third kappa shape index (κ3) is 2.36. The average molecular weight is 272 g/mol. The summed E-state index contributed by atoms with van der Waals surface area (Å²) in [6, 6.07) is 8.19. The van der Waals surface area contributed by atoms with E-state index in [1.54, 1.807) is 6.92 Å². The number of rotatable bonds is 3. The van der Waals surface area contributed by atoms with Crippen molar-refractivity contribution >= 4 is 11.7 Å². The molecule has 1 aromatic heterocycles. The molecule has 6 heteroatoms. The second-order valence-corrected chi connectivity index (χ2v) is 4.70. The number of nitrogens with one attached hydrogen (secondary N) is 2. The molecular weight excluding hydrogens is 256 g/mol. The van der Waals surface area contributed by atoms with Gasteiger partial charge in [0, 0.05) is 18.2 Å². The molecule has 0 bridgehead atoms. The summed E-state index contributed by atoms with van der Waals surface area (Å²) in [7, 11) is 0. The van der Waals surface area contributed by atoms with Gasteiger partial charge in [0.1, 0.15) is 5.82 Å². The highest BCUT2D eigenvalue weighted by molar-refractivity contribution is 5.84. The van der Waals surface area contributed by atoms with E-state index in [4.69, 9.17) is 4.74 Å². The third-order valence-electron chi connectivity index (χ3n) is 3.37. The van der Waals surface area contributed by atoms with Crippen LogP contribution in [0.2, 0.25) is 0 Å². The second-order valence-electron chi connectivity index (χ2n) is 4.70. The lowest BCUT2D eigenvalue weighted by Crippen LogP contribution is -2.22. The molecule has 1 aliphatic heterocycles. The second kappa shape index (κ2) is 5.32. The molecule has 2 heterocycles. The Morgan fingerprint density at radius 3 is 3.15 bits per heavy atom. The van der Waals surface area contributed by atoms with Gasteiger partial charge in [-0.2, -0.15) is 0 Å². The Bertz CT molecular complexity index is 623. The summed E-state index contributed by atoms with van der Waals surface area (Å²) in [6.07, 6.45) is 0.876. The topological polar surface area (TPSA) is 79.9 Å². The molecule has 0 saturated carbocycles. The van der Waals surface area contributed by atoms with Crippen molar-refractivity contribution < 1.29 is 9.53 Å². The quantitative estimate of drug-likeness (QED) is 0.832. The maximum Gasteiger partial charge on any atom is 0.378 e. The van der Waals surface area contributed by atoms with Gasteiger partial charge in [0.25, 0.3) is 5.82 Å².